The maximum atomic E-state index is 6.05. The third-order valence-corrected chi connectivity index (χ3v) is 4.49. The highest BCUT2D eigenvalue weighted by Crippen LogP contribution is 2.39. The lowest BCUT2D eigenvalue weighted by molar-refractivity contribution is -0.482. The molecule has 2 fully saturated rings. The third kappa shape index (κ3) is 3.32. The van der Waals surface area contributed by atoms with Crippen LogP contribution in [0.2, 0.25) is 0 Å². The molecule has 2 aliphatic rings. The van der Waals surface area contributed by atoms with Gasteiger partial charge in [-0.05, 0) is 30.4 Å². The van der Waals surface area contributed by atoms with Crippen LogP contribution in [0.15, 0.2) is 48.6 Å². The number of ether oxygens (including phenoxy) is 1. The molecule has 3 heteroatoms. The van der Waals surface area contributed by atoms with Crippen molar-refractivity contribution in [3.8, 4) is 0 Å². The summed E-state index contributed by atoms with van der Waals surface area (Å²) in [5.41, 5.74) is 3.47. The molecule has 118 valence electrons. The van der Waals surface area contributed by atoms with Gasteiger partial charge in [0.1, 0.15) is 6.10 Å². The van der Waals surface area contributed by atoms with Crippen molar-refractivity contribution in [1.82, 2.24) is 0 Å². The first-order valence-corrected chi connectivity index (χ1v) is 8.13. The summed E-state index contributed by atoms with van der Waals surface area (Å²) in [5, 5.41) is 0. The lowest BCUT2D eigenvalue weighted by Gasteiger charge is -2.41. The summed E-state index contributed by atoms with van der Waals surface area (Å²) in [5.74, 6) is -0.557. The van der Waals surface area contributed by atoms with Gasteiger partial charge in [-0.15, -0.1) is 0 Å². The van der Waals surface area contributed by atoms with E-state index in [9.17, 15) is 0 Å². The van der Waals surface area contributed by atoms with Crippen LogP contribution in [-0.2, 0) is 14.5 Å². The van der Waals surface area contributed by atoms with Gasteiger partial charge >= 0.3 is 0 Å². The Labute approximate surface area is 132 Å². The maximum absolute atomic E-state index is 6.05. The van der Waals surface area contributed by atoms with E-state index < -0.39 is 5.79 Å². The first-order chi connectivity index (χ1) is 10.7. The van der Waals surface area contributed by atoms with Crippen LogP contribution in [0.1, 0.15) is 44.6 Å². The second kappa shape index (κ2) is 6.78. The summed E-state index contributed by atoms with van der Waals surface area (Å²) in [6.45, 7) is 6.80. The Kier molecular flexibility index (Phi) is 4.77. The lowest BCUT2D eigenvalue weighted by atomic mass is 9.89. The average Bonchev–Trinajstić information content (AvgIpc) is 2.58. The quantitative estimate of drug-likeness (QED) is 0.600. The predicted molar refractivity (Wildman–Crippen MR) is 87.0 cm³/mol. The van der Waals surface area contributed by atoms with Crippen molar-refractivity contribution in [3.63, 3.8) is 0 Å². The van der Waals surface area contributed by atoms with Crippen LogP contribution in [0.3, 0.4) is 0 Å². The minimum atomic E-state index is -0.557. The van der Waals surface area contributed by atoms with Crippen molar-refractivity contribution >= 4 is 5.57 Å². The largest absolute Gasteiger partial charge is 0.344 e. The number of allylic oxidation sites excluding steroid dienone is 2. The van der Waals surface area contributed by atoms with Gasteiger partial charge in [0.05, 0.1) is 6.61 Å². The summed E-state index contributed by atoms with van der Waals surface area (Å²) in [7, 11) is 0. The zero-order valence-corrected chi connectivity index (χ0v) is 13.2. The predicted octanol–water partition coefficient (Wildman–Crippen LogP) is 4.65. The van der Waals surface area contributed by atoms with E-state index in [2.05, 4.69) is 19.6 Å². The first kappa shape index (κ1) is 15.5. The van der Waals surface area contributed by atoms with E-state index in [0.29, 0.717) is 6.61 Å². The summed E-state index contributed by atoms with van der Waals surface area (Å²) >= 11 is 0. The van der Waals surface area contributed by atoms with Gasteiger partial charge in [-0.25, -0.2) is 9.78 Å². The Bertz CT molecular complexity index is 527. The molecular formula is C19H24O3. The summed E-state index contributed by atoms with van der Waals surface area (Å²) in [6, 6.07) is 10.0. The smallest absolute Gasteiger partial charge is 0.202 e. The Hall–Kier alpha value is -1.42. The van der Waals surface area contributed by atoms with Crippen molar-refractivity contribution in [2.45, 2.75) is 50.9 Å². The van der Waals surface area contributed by atoms with E-state index >= 15 is 0 Å². The SMILES string of the molecule is C=C(c1ccccc1)C1COC2(CCC(=CCC)CC2)OO1. The number of hydrogen-bond acceptors (Lipinski definition) is 3. The molecular weight excluding hydrogens is 276 g/mol. The van der Waals surface area contributed by atoms with Crippen LogP contribution in [-0.4, -0.2) is 18.5 Å². The van der Waals surface area contributed by atoms with Gasteiger partial charge in [-0.1, -0.05) is 55.5 Å². The van der Waals surface area contributed by atoms with Crippen molar-refractivity contribution in [2.24, 2.45) is 0 Å². The van der Waals surface area contributed by atoms with Crippen LogP contribution in [0.4, 0.5) is 0 Å². The van der Waals surface area contributed by atoms with Crippen LogP contribution >= 0.6 is 0 Å². The summed E-state index contributed by atoms with van der Waals surface area (Å²) in [4.78, 5) is 11.3. The Morgan fingerprint density at radius 3 is 2.59 bits per heavy atom. The molecule has 1 aliphatic carbocycles. The molecule has 3 nitrogen and oxygen atoms in total. The van der Waals surface area contributed by atoms with Gasteiger partial charge in [0, 0.05) is 12.8 Å². The van der Waals surface area contributed by atoms with Gasteiger partial charge in [0.2, 0.25) is 5.79 Å². The van der Waals surface area contributed by atoms with Gasteiger partial charge < -0.3 is 4.74 Å². The van der Waals surface area contributed by atoms with E-state index in [0.717, 1.165) is 43.2 Å². The lowest BCUT2D eigenvalue weighted by Crippen LogP contribution is -2.46. The molecule has 1 saturated heterocycles. The third-order valence-electron chi connectivity index (χ3n) is 4.49. The van der Waals surface area contributed by atoms with E-state index in [-0.39, 0.29) is 6.10 Å². The zero-order valence-electron chi connectivity index (χ0n) is 13.2. The van der Waals surface area contributed by atoms with Crippen LogP contribution in [0.5, 0.6) is 0 Å². The van der Waals surface area contributed by atoms with Gasteiger partial charge in [0.15, 0.2) is 0 Å². The average molecular weight is 300 g/mol. The number of hydrogen-bond donors (Lipinski definition) is 0. The molecule has 1 heterocycles. The van der Waals surface area contributed by atoms with Gasteiger partial charge in [-0.3, -0.25) is 0 Å². The molecule has 1 aromatic rings. The van der Waals surface area contributed by atoms with Crippen molar-refractivity contribution in [3.05, 3.63) is 54.1 Å². The first-order valence-electron chi connectivity index (χ1n) is 8.13. The number of benzene rings is 1. The molecule has 1 unspecified atom stereocenters. The topological polar surface area (TPSA) is 27.7 Å². The standard InChI is InChI=1S/C19H24O3/c1-3-7-16-10-12-19(13-11-16)20-14-18(21-22-19)15(2)17-8-5-4-6-9-17/h4-9,18H,2-3,10-14H2,1H3. The van der Waals surface area contributed by atoms with Crippen LogP contribution in [0, 0.1) is 0 Å². The highest BCUT2D eigenvalue weighted by Gasteiger charge is 2.42. The van der Waals surface area contributed by atoms with Crippen molar-refractivity contribution < 1.29 is 14.5 Å². The molecule has 0 aromatic heterocycles. The Morgan fingerprint density at radius 1 is 1.27 bits per heavy atom. The van der Waals surface area contributed by atoms with Crippen LogP contribution in [0.25, 0.3) is 5.57 Å². The fourth-order valence-corrected chi connectivity index (χ4v) is 3.09. The molecule has 0 amide bonds. The normalized spacial score (nSPS) is 28.6. The summed E-state index contributed by atoms with van der Waals surface area (Å²) in [6.07, 6.45) is 6.96. The summed E-state index contributed by atoms with van der Waals surface area (Å²) < 4.78 is 6.05. The molecule has 1 saturated carbocycles. The fourth-order valence-electron chi connectivity index (χ4n) is 3.09. The maximum Gasteiger partial charge on any atom is 0.202 e. The molecule has 22 heavy (non-hydrogen) atoms. The zero-order chi connectivity index (χ0) is 15.4. The molecule has 1 aromatic carbocycles. The van der Waals surface area contributed by atoms with E-state index in [1.165, 1.54) is 5.57 Å². The monoisotopic (exact) mass is 300 g/mol. The second-order valence-corrected chi connectivity index (χ2v) is 6.05. The molecule has 0 radical (unpaired) electrons. The van der Waals surface area contributed by atoms with Gasteiger partial charge in [0.25, 0.3) is 0 Å². The second-order valence-electron chi connectivity index (χ2n) is 6.05. The molecule has 1 atom stereocenters. The molecule has 0 N–H and O–H groups in total. The highest BCUT2D eigenvalue weighted by molar-refractivity contribution is 5.66. The minimum Gasteiger partial charge on any atom is -0.344 e. The fraction of sp³-hybridized carbons (Fsp3) is 0.474. The molecule has 1 aliphatic heterocycles. The minimum absolute atomic E-state index is 0.236. The van der Waals surface area contributed by atoms with E-state index in [1.54, 1.807) is 0 Å². The molecule has 1 spiro atoms. The van der Waals surface area contributed by atoms with Crippen LogP contribution < -0.4 is 0 Å². The van der Waals surface area contributed by atoms with E-state index in [4.69, 9.17) is 14.5 Å². The van der Waals surface area contributed by atoms with E-state index in [1.807, 2.05) is 30.3 Å². The Morgan fingerprint density at radius 2 is 2.00 bits per heavy atom. The molecule has 3 rings (SSSR count). The Balaban J connectivity index is 1.57. The number of rotatable bonds is 3. The highest BCUT2D eigenvalue weighted by atomic mass is 17.2. The van der Waals surface area contributed by atoms with Crippen molar-refractivity contribution in [1.29, 1.82) is 0 Å². The van der Waals surface area contributed by atoms with Gasteiger partial charge in [-0.2, -0.15) is 0 Å². The molecule has 0 bridgehead atoms. The van der Waals surface area contributed by atoms with Crippen molar-refractivity contribution in [2.75, 3.05) is 6.61 Å².